The standard InChI is InChI=1S/C12H18N4O3S/c1-10-2-4-11(5-3-10)20(18,19)15-12-13-8-16(6-7-17)9-14-12/h2-5,17H,6-9H2,1H3,(H2,13,14,15). The van der Waals surface area contributed by atoms with Crippen molar-refractivity contribution in [3.63, 3.8) is 0 Å². The first-order valence-electron chi connectivity index (χ1n) is 6.22. The topological polar surface area (TPSA) is 94.0 Å². The third-order valence-electron chi connectivity index (χ3n) is 2.88. The summed E-state index contributed by atoms with van der Waals surface area (Å²) in [7, 11) is -3.62. The molecular weight excluding hydrogens is 280 g/mol. The highest BCUT2D eigenvalue weighted by Gasteiger charge is 2.18. The summed E-state index contributed by atoms with van der Waals surface area (Å²) >= 11 is 0. The van der Waals surface area contributed by atoms with Crippen LogP contribution in [0.1, 0.15) is 5.56 Å². The van der Waals surface area contributed by atoms with Crippen molar-refractivity contribution in [1.29, 1.82) is 0 Å². The Bertz CT molecular complexity index is 583. The summed E-state index contributed by atoms with van der Waals surface area (Å²) < 4.78 is 26.7. The molecule has 1 aromatic carbocycles. The maximum absolute atomic E-state index is 12.1. The van der Waals surface area contributed by atoms with E-state index in [1.807, 2.05) is 11.8 Å². The monoisotopic (exact) mass is 298 g/mol. The van der Waals surface area contributed by atoms with E-state index in [1.54, 1.807) is 24.3 Å². The van der Waals surface area contributed by atoms with Crippen LogP contribution >= 0.6 is 0 Å². The first-order chi connectivity index (χ1) is 9.51. The average molecular weight is 298 g/mol. The van der Waals surface area contributed by atoms with Crippen LogP contribution in [0.5, 0.6) is 0 Å². The number of β-amino-alcohol motifs (C(OH)–C–C–N with tert-alkyl or cyclic N) is 1. The van der Waals surface area contributed by atoms with Crippen molar-refractivity contribution in [2.45, 2.75) is 11.8 Å². The minimum atomic E-state index is -3.62. The van der Waals surface area contributed by atoms with E-state index in [1.165, 1.54) is 0 Å². The van der Waals surface area contributed by atoms with E-state index in [-0.39, 0.29) is 17.5 Å². The SMILES string of the molecule is Cc1ccc(S(=O)(=O)NC2=NCN(CCO)CN2)cc1. The lowest BCUT2D eigenvalue weighted by Crippen LogP contribution is -2.50. The predicted octanol–water partition coefficient (Wildman–Crippen LogP) is -0.558. The molecule has 1 heterocycles. The molecule has 0 saturated carbocycles. The number of guanidine groups is 1. The van der Waals surface area contributed by atoms with Crippen LogP contribution < -0.4 is 10.0 Å². The Balaban J connectivity index is 2.04. The molecule has 8 heteroatoms. The van der Waals surface area contributed by atoms with Gasteiger partial charge in [0, 0.05) is 6.54 Å². The molecule has 0 amide bonds. The maximum atomic E-state index is 12.1. The maximum Gasteiger partial charge on any atom is 0.264 e. The Morgan fingerprint density at radius 3 is 2.65 bits per heavy atom. The third-order valence-corrected chi connectivity index (χ3v) is 4.23. The molecule has 1 aliphatic heterocycles. The molecule has 0 spiro atoms. The molecule has 0 aromatic heterocycles. The molecular formula is C12H18N4O3S. The lowest BCUT2D eigenvalue weighted by atomic mass is 10.2. The van der Waals surface area contributed by atoms with Crippen molar-refractivity contribution < 1.29 is 13.5 Å². The van der Waals surface area contributed by atoms with Crippen LogP contribution in [-0.4, -0.2) is 50.9 Å². The summed E-state index contributed by atoms with van der Waals surface area (Å²) in [4.78, 5) is 6.14. The zero-order valence-electron chi connectivity index (χ0n) is 11.2. The quantitative estimate of drug-likeness (QED) is 0.693. The fraction of sp³-hybridized carbons (Fsp3) is 0.417. The number of aliphatic hydroxyl groups excluding tert-OH is 1. The molecule has 0 bridgehead atoms. The number of nitrogens with zero attached hydrogens (tertiary/aromatic N) is 2. The van der Waals surface area contributed by atoms with Crippen LogP contribution in [0.2, 0.25) is 0 Å². The molecule has 2 rings (SSSR count). The van der Waals surface area contributed by atoms with E-state index in [2.05, 4.69) is 15.0 Å². The van der Waals surface area contributed by atoms with E-state index >= 15 is 0 Å². The number of aryl methyl sites for hydroxylation is 1. The van der Waals surface area contributed by atoms with Gasteiger partial charge in [-0.2, -0.15) is 0 Å². The summed E-state index contributed by atoms with van der Waals surface area (Å²) in [5.74, 6) is 0.222. The highest BCUT2D eigenvalue weighted by Crippen LogP contribution is 2.09. The molecule has 0 atom stereocenters. The molecule has 3 N–H and O–H groups in total. The van der Waals surface area contributed by atoms with Crippen molar-refractivity contribution in [2.75, 3.05) is 26.5 Å². The van der Waals surface area contributed by atoms with Gasteiger partial charge in [0.05, 0.1) is 24.8 Å². The number of hydrogen-bond acceptors (Lipinski definition) is 6. The second-order valence-corrected chi connectivity index (χ2v) is 6.20. The first-order valence-corrected chi connectivity index (χ1v) is 7.70. The van der Waals surface area contributed by atoms with Crippen LogP contribution in [0.4, 0.5) is 0 Å². The molecule has 1 aliphatic rings. The van der Waals surface area contributed by atoms with Gasteiger partial charge in [-0.1, -0.05) is 17.7 Å². The van der Waals surface area contributed by atoms with Gasteiger partial charge >= 0.3 is 0 Å². The molecule has 0 saturated heterocycles. The van der Waals surface area contributed by atoms with Gasteiger partial charge in [-0.3, -0.25) is 4.90 Å². The Morgan fingerprint density at radius 2 is 2.10 bits per heavy atom. The minimum Gasteiger partial charge on any atom is -0.395 e. The summed E-state index contributed by atoms with van der Waals surface area (Å²) in [6, 6.07) is 6.60. The van der Waals surface area contributed by atoms with Crippen LogP contribution in [0, 0.1) is 6.92 Å². The van der Waals surface area contributed by atoms with Crippen LogP contribution in [0.15, 0.2) is 34.2 Å². The lowest BCUT2D eigenvalue weighted by Gasteiger charge is -2.26. The summed E-state index contributed by atoms with van der Waals surface area (Å²) in [6.07, 6.45) is 0. The normalized spacial score (nSPS) is 16.4. The Hall–Kier alpha value is -1.64. The van der Waals surface area contributed by atoms with Gasteiger partial charge in [0.1, 0.15) is 0 Å². The summed E-state index contributed by atoms with van der Waals surface area (Å²) in [5.41, 5.74) is 0.997. The number of benzene rings is 1. The van der Waals surface area contributed by atoms with Crippen molar-refractivity contribution in [2.24, 2.45) is 4.99 Å². The van der Waals surface area contributed by atoms with Gasteiger partial charge < -0.3 is 10.4 Å². The number of aliphatic hydroxyl groups is 1. The number of hydrogen-bond donors (Lipinski definition) is 3. The largest absolute Gasteiger partial charge is 0.395 e. The Labute approximate surface area is 118 Å². The van der Waals surface area contributed by atoms with Crippen molar-refractivity contribution in [3.8, 4) is 0 Å². The molecule has 0 unspecified atom stereocenters. The second-order valence-electron chi connectivity index (χ2n) is 4.52. The number of aliphatic imine (C=N–C) groups is 1. The van der Waals surface area contributed by atoms with E-state index in [0.29, 0.717) is 19.9 Å². The highest BCUT2D eigenvalue weighted by atomic mass is 32.2. The lowest BCUT2D eigenvalue weighted by molar-refractivity contribution is 0.190. The fourth-order valence-electron chi connectivity index (χ4n) is 1.73. The van der Waals surface area contributed by atoms with Gasteiger partial charge in [0.2, 0.25) is 5.96 Å². The third kappa shape index (κ3) is 3.69. The van der Waals surface area contributed by atoms with Gasteiger partial charge in [0.15, 0.2) is 0 Å². The number of nitrogens with one attached hydrogen (secondary N) is 2. The molecule has 1 aromatic rings. The van der Waals surface area contributed by atoms with Crippen molar-refractivity contribution in [1.82, 2.24) is 14.9 Å². The van der Waals surface area contributed by atoms with E-state index < -0.39 is 10.0 Å². The van der Waals surface area contributed by atoms with Crippen molar-refractivity contribution >= 4 is 16.0 Å². The molecule has 0 radical (unpaired) electrons. The fourth-order valence-corrected chi connectivity index (χ4v) is 2.73. The van der Waals surface area contributed by atoms with Crippen LogP contribution in [0.25, 0.3) is 0 Å². The zero-order valence-corrected chi connectivity index (χ0v) is 12.0. The molecule has 0 fully saturated rings. The molecule has 20 heavy (non-hydrogen) atoms. The second kappa shape index (κ2) is 6.21. The molecule has 7 nitrogen and oxygen atoms in total. The predicted molar refractivity (Wildman–Crippen MR) is 75.6 cm³/mol. The summed E-state index contributed by atoms with van der Waals surface area (Å²) in [6.45, 7) is 3.22. The number of rotatable bonds is 4. The Morgan fingerprint density at radius 1 is 1.40 bits per heavy atom. The molecule has 0 aliphatic carbocycles. The Kier molecular flexibility index (Phi) is 4.58. The van der Waals surface area contributed by atoms with Gasteiger partial charge in [-0.15, -0.1) is 0 Å². The van der Waals surface area contributed by atoms with Gasteiger partial charge in [-0.25, -0.2) is 18.1 Å². The minimum absolute atomic E-state index is 0.0433. The van der Waals surface area contributed by atoms with Crippen molar-refractivity contribution in [3.05, 3.63) is 29.8 Å². The van der Waals surface area contributed by atoms with E-state index in [0.717, 1.165) is 5.56 Å². The van der Waals surface area contributed by atoms with Gasteiger partial charge in [0.25, 0.3) is 10.0 Å². The smallest absolute Gasteiger partial charge is 0.264 e. The average Bonchev–Trinajstić information content (AvgIpc) is 2.41. The first kappa shape index (κ1) is 14.8. The zero-order chi connectivity index (χ0) is 14.6. The van der Waals surface area contributed by atoms with E-state index in [9.17, 15) is 8.42 Å². The van der Waals surface area contributed by atoms with Gasteiger partial charge in [-0.05, 0) is 19.1 Å². The molecule has 110 valence electrons. The van der Waals surface area contributed by atoms with E-state index in [4.69, 9.17) is 5.11 Å². The highest BCUT2D eigenvalue weighted by molar-refractivity contribution is 7.90. The summed E-state index contributed by atoms with van der Waals surface area (Å²) in [5, 5.41) is 11.7. The van der Waals surface area contributed by atoms with Crippen LogP contribution in [0.3, 0.4) is 0 Å². The van der Waals surface area contributed by atoms with Crippen LogP contribution in [-0.2, 0) is 10.0 Å². The number of sulfonamides is 1.